The Balaban J connectivity index is 1.90. The monoisotopic (exact) mass is 352 g/mol. The molecule has 134 valence electrons. The lowest BCUT2D eigenvalue weighted by molar-refractivity contribution is -0.119. The van der Waals surface area contributed by atoms with Crippen molar-refractivity contribution in [3.8, 4) is 0 Å². The van der Waals surface area contributed by atoms with Crippen molar-refractivity contribution in [1.82, 2.24) is 15.0 Å². The minimum absolute atomic E-state index is 0.0608. The number of anilines is 1. The van der Waals surface area contributed by atoms with E-state index in [2.05, 4.69) is 4.98 Å². The summed E-state index contributed by atoms with van der Waals surface area (Å²) in [7, 11) is 0. The number of para-hydroxylation sites is 2. The second kappa shape index (κ2) is 7.79. The minimum Gasteiger partial charge on any atom is -0.321 e. The van der Waals surface area contributed by atoms with Gasteiger partial charge in [0, 0.05) is 12.2 Å². The molecular weight excluding hydrogens is 332 g/mol. The van der Waals surface area contributed by atoms with Crippen LogP contribution in [-0.4, -0.2) is 33.1 Å². The summed E-state index contributed by atoms with van der Waals surface area (Å²) in [6, 6.07) is 14.6. The third-order valence-corrected chi connectivity index (χ3v) is 4.12. The Labute approximate surface area is 150 Å². The van der Waals surface area contributed by atoms with Gasteiger partial charge in [0.15, 0.2) is 0 Å². The van der Waals surface area contributed by atoms with Crippen molar-refractivity contribution >= 4 is 28.5 Å². The molecule has 0 atom stereocenters. The highest BCUT2D eigenvalue weighted by molar-refractivity contribution is 6.04. The summed E-state index contributed by atoms with van der Waals surface area (Å²) in [6.45, 7) is 2.75. The van der Waals surface area contributed by atoms with Gasteiger partial charge in [-0.1, -0.05) is 31.2 Å². The average molecular weight is 352 g/mol. The summed E-state index contributed by atoms with van der Waals surface area (Å²) in [6.07, 6.45) is 2.37. The normalized spacial score (nSPS) is 10.7. The Hall–Kier alpha value is -3.19. The molecule has 0 fully saturated rings. The molecule has 7 nitrogen and oxygen atoms in total. The molecule has 0 aliphatic rings. The first-order valence-corrected chi connectivity index (χ1v) is 8.39. The van der Waals surface area contributed by atoms with Crippen LogP contribution in [0.3, 0.4) is 0 Å². The SMILES string of the molecule is CCCN(C(=O)Cn1cnc2c(C(=O)NO)cccc21)c1ccccc1. The fourth-order valence-corrected chi connectivity index (χ4v) is 2.92. The number of hydrogen-bond donors (Lipinski definition) is 2. The van der Waals surface area contributed by atoms with E-state index < -0.39 is 5.91 Å². The highest BCUT2D eigenvalue weighted by Gasteiger charge is 2.18. The van der Waals surface area contributed by atoms with Gasteiger partial charge < -0.3 is 9.47 Å². The lowest BCUT2D eigenvalue weighted by Gasteiger charge is -2.22. The number of carbonyl (C=O) groups excluding carboxylic acids is 2. The van der Waals surface area contributed by atoms with Crippen molar-refractivity contribution in [3.05, 3.63) is 60.4 Å². The third-order valence-electron chi connectivity index (χ3n) is 4.12. The molecule has 0 saturated heterocycles. The Morgan fingerprint density at radius 1 is 1.15 bits per heavy atom. The van der Waals surface area contributed by atoms with Gasteiger partial charge >= 0.3 is 0 Å². The number of amides is 2. The summed E-state index contributed by atoms with van der Waals surface area (Å²) < 4.78 is 1.71. The molecule has 0 bridgehead atoms. The fourth-order valence-electron chi connectivity index (χ4n) is 2.92. The molecule has 26 heavy (non-hydrogen) atoms. The largest absolute Gasteiger partial charge is 0.321 e. The Bertz CT molecular complexity index is 921. The van der Waals surface area contributed by atoms with Gasteiger partial charge in [0.25, 0.3) is 5.91 Å². The van der Waals surface area contributed by atoms with Crippen LogP contribution in [0.25, 0.3) is 11.0 Å². The highest BCUT2D eigenvalue weighted by Crippen LogP contribution is 2.19. The van der Waals surface area contributed by atoms with Gasteiger partial charge in [-0.05, 0) is 30.7 Å². The van der Waals surface area contributed by atoms with E-state index in [4.69, 9.17) is 5.21 Å². The molecular formula is C19H20N4O3. The third kappa shape index (κ3) is 3.43. The van der Waals surface area contributed by atoms with Crippen LogP contribution in [0.1, 0.15) is 23.7 Å². The van der Waals surface area contributed by atoms with E-state index in [0.29, 0.717) is 17.6 Å². The molecule has 1 aromatic heterocycles. The molecule has 2 N–H and O–H groups in total. The summed E-state index contributed by atoms with van der Waals surface area (Å²) >= 11 is 0. The predicted octanol–water partition coefficient (Wildman–Crippen LogP) is 2.60. The van der Waals surface area contributed by atoms with Crippen LogP contribution in [0.15, 0.2) is 54.9 Å². The maximum atomic E-state index is 12.9. The fraction of sp³-hybridized carbons (Fsp3) is 0.211. The second-order valence-corrected chi connectivity index (χ2v) is 5.87. The van der Waals surface area contributed by atoms with Crippen LogP contribution in [0.5, 0.6) is 0 Å². The summed E-state index contributed by atoms with van der Waals surface area (Å²) in [5.74, 6) is -0.696. The first-order chi connectivity index (χ1) is 12.7. The molecule has 0 spiro atoms. The van der Waals surface area contributed by atoms with Crippen LogP contribution in [0.4, 0.5) is 5.69 Å². The van der Waals surface area contributed by atoms with Gasteiger partial charge in [-0.3, -0.25) is 14.8 Å². The number of rotatable bonds is 6. The van der Waals surface area contributed by atoms with Crippen LogP contribution >= 0.6 is 0 Å². The van der Waals surface area contributed by atoms with Gasteiger partial charge in [0.05, 0.1) is 17.4 Å². The van der Waals surface area contributed by atoms with E-state index in [1.54, 1.807) is 33.1 Å². The lowest BCUT2D eigenvalue weighted by Crippen LogP contribution is -2.34. The van der Waals surface area contributed by atoms with Gasteiger partial charge in [-0.15, -0.1) is 0 Å². The smallest absolute Gasteiger partial charge is 0.276 e. The van der Waals surface area contributed by atoms with Crippen LogP contribution in [0.2, 0.25) is 0 Å². The number of nitrogens with zero attached hydrogens (tertiary/aromatic N) is 3. The Kier molecular flexibility index (Phi) is 5.28. The maximum Gasteiger partial charge on any atom is 0.276 e. The molecule has 0 unspecified atom stereocenters. The number of nitrogens with one attached hydrogen (secondary N) is 1. The number of fused-ring (bicyclic) bond motifs is 1. The minimum atomic E-state index is -0.635. The number of hydroxylamine groups is 1. The van der Waals surface area contributed by atoms with Crippen molar-refractivity contribution < 1.29 is 14.8 Å². The van der Waals surface area contributed by atoms with E-state index in [0.717, 1.165) is 12.1 Å². The van der Waals surface area contributed by atoms with E-state index in [1.165, 1.54) is 6.33 Å². The van der Waals surface area contributed by atoms with Crippen molar-refractivity contribution in [2.75, 3.05) is 11.4 Å². The first-order valence-electron chi connectivity index (χ1n) is 8.39. The van der Waals surface area contributed by atoms with Crippen molar-refractivity contribution in [3.63, 3.8) is 0 Å². The van der Waals surface area contributed by atoms with E-state index >= 15 is 0 Å². The zero-order valence-corrected chi connectivity index (χ0v) is 14.4. The molecule has 0 saturated carbocycles. The number of benzene rings is 2. The standard InChI is InChI=1S/C19H20N4O3/c1-2-11-23(14-7-4-3-5-8-14)17(24)12-22-13-20-18-15(19(25)21-26)9-6-10-16(18)22/h3-10,13,26H,2,11-12H2,1H3,(H,21,25). The maximum absolute atomic E-state index is 12.9. The molecule has 3 aromatic rings. The topological polar surface area (TPSA) is 87.5 Å². The lowest BCUT2D eigenvalue weighted by atomic mass is 10.1. The van der Waals surface area contributed by atoms with Gasteiger partial charge in [0.2, 0.25) is 5.91 Å². The molecule has 0 aliphatic heterocycles. The van der Waals surface area contributed by atoms with E-state index in [1.807, 2.05) is 37.3 Å². The molecule has 7 heteroatoms. The number of aromatic nitrogens is 2. The molecule has 0 radical (unpaired) electrons. The summed E-state index contributed by atoms with van der Waals surface area (Å²) in [4.78, 5) is 30.6. The zero-order chi connectivity index (χ0) is 18.5. The first kappa shape index (κ1) is 17.6. The number of imidazole rings is 1. The second-order valence-electron chi connectivity index (χ2n) is 5.87. The quantitative estimate of drug-likeness (QED) is 0.527. The van der Waals surface area contributed by atoms with Crippen molar-refractivity contribution in [2.45, 2.75) is 19.9 Å². The molecule has 3 rings (SSSR count). The number of hydrogen-bond acceptors (Lipinski definition) is 4. The summed E-state index contributed by atoms with van der Waals surface area (Å²) in [5.41, 5.74) is 3.82. The zero-order valence-electron chi connectivity index (χ0n) is 14.4. The molecule has 1 heterocycles. The Morgan fingerprint density at radius 2 is 1.92 bits per heavy atom. The predicted molar refractivity (Wildman–Crippen MR) is 98.1 cm³/mol. The van der Waals surface area contributed by atoms with Crippen LogP contribution < -0.4 is 10.4 Å². The van der Waals surface area contributed by atoms with Gasteiger partial charge in [-0.25, -0.2) is 10.5 Å². The van der Waals surface area contributed by atoms with Gasteiger partial charge in [-0.2, -0.15) is 0 Å². The summed E-state index contributed by atoms with van der Waals surface area (Å²) in [5, 5.41) is 8.86. The van der Waals surface area contributed by atoms with Crippen LogP contribution in [0, 0.1) is 0 Å². The van der Waals surface area contributed by atoms with Crippen molar-refractivity contribution in [2.24, 2.45) is 0 Å². The number of carbonyl (C=O) groups is 2. The van der Waals surface area contributed by atoms with Crippen molar-refractivity contribution in [1.29, 1.82) is 0 Å². The van der Waals surface area contributed by atoms with Gasteiger partial charge in [0.1, 0.15) is 12.1 Å². The Morgan fingerprint density at radius 3 is 2.62 bits per heavy atom. The van der Waals surface area contributed by atoms with E-state index in [9.17, 15) is 9.59 Å². The molecule has 2 aromatic carbocycles. The average Bonchev–Trinajstić information content (AvgIpc) is 3.09. The van der Waals surface area contributed by atoms with Crippen LogP contribution in [-0.2, 0) is 11.3 Å². The van der Waals surface area contributed by atoms with E-state index in [-0.39, 0.29) is 18.0 Å². The molecule has 2 amide bonds. The molecule has 0 aliphatic carbocycles. The highest BCUT2D eigenvalue weighted by atomic mass is 16.5.